The van der Waals surface area contributed by atoms with Gasteiger partial charge in [0.1, 0.15) is 11.6 Å². The number of carbonyl (C=O) groups is 3. The number of urea groups is 1. The molecule has 0 bridgehead atoms. The largest absolute Gasteiger partial charge is 0.458 e. The molecule has 196 valence electrons. The van der Waals surface area contributed by atoms with Crippen LogP contribution in [0.3, 0.4) is 0 Å². The Morgan fingerprint density at radius 3 is 2.06 bits per heavy atom. The molecule has 0 aliphatic heterocycles. The van der Waals surface area contributed by atoms with E-state index < -0.39 is 35.7 Å². The van der Waals surface area contributed by atoms with Crippen molar-refractivity contribution < 1.29 is 29.4 Å². The molecule has 2 rings (SSSR count). The van der Waals surface area contributed by atoms with E-state index in [1.54, 1.807) is 26.3 Å². The highest BCUT2D eigenvalue weighted by atomic mass is 16.6. The molecule has 0 aromatic heterocycles. The first-order valence-corrected chi connectivity index (χ1v) is 11.9. The zero-order valence-corrected chi connectivity index (χ0v) is 21.5. The molecule has 0 saturated carbocycles. The first-order valence-electron chi connectivity index (χ1n) is 11.9. The molecule has 3 amide bonds. The molecule has 0 heterocycles. The highest BCUT2D eigenvalue weighted by Crippen LogP contribution is 2.20. The standard InChI is InChI=1S/C27H37N3O6/c1-18(2)16-30(17-23(31)25(33)36-27(3,4)5)26(34)28-22(24(32)29-35)15-19-11-13-21(14-12-19)20-9-7-6-8-10-20/h6-14,18,22-23,31,35H,15-17H2,1-5H3,(H,28,34)(H,29,32)/t22-,23?/m0/s1. The van der Waals surface area contributed by atoms with Crippen molar-refractivity contribution >= 4 is 17.9 Å². The van der Waals surface area contributed by atoms with E-state index in [1.165, 1.54) is 4.90 Å². The maximum absolute atomic E-state index is 13.1. The molecule has 9 nitrogen and oxygen atoms in total. The van der Waals surface area contributed by atoms with Crippen molar-refractivity contribution in [2.75, 3.05) is 13.1 Å². The summed E-state index contributed by atoms with van der Waals surface area (Å²) in [5, 5.41) is 22.2. The lowest BCUT2D eigenvalue weighted by molar-refractivity contribution is -0.165. The number of hydrogen-bond donors (Lipinski definition) is 4. The van der Waals surface area contributed by atoms with Crippen LogP contribution in [0, 0.1) is 5.92 Å². The summed E-state index contributed by atoms with van der Waals surface area (Å²) in [7, 11) is 0. The van der Waals surface area contributed by atoms with Gasteiger partial charge in [-0.15, -0.1) is 0 Å². The zero-order valence-electron chi connectivity index (χ0n) is 21.5. The number of aliphatic hydroxyl groups is 1. The predicted molar refractivity (Wildman–Crippen MR) is 136 cm³/mol. The average molecular weight is 500 g/mol. The van der Waals surface area contributed by atoms with Crippen LogP contribution in [0.1, 0.15) is 40.2 Å². The van der Waals surface area contributed by atoms with Gasteiger partial charge in [-0.05, 0) is 43.4 Å². The predicted octanol–water partition coefficient (Wildman–Crippen LogP) is 3.14. The van der Waals surface area contributed by atoms with E-state index in [9.17, 15) is 24.7 Å². The molecular formula is C27H37N3O6. The SMILES string of the molecule is CC(C)CN(CC(O)C(=O)OC(C)(C)C)C(=O)N[C@@H](Cc1ccc(-c2ccccc2)cc1)C(=O)NO. The Morgan fingerprint density at radius 1 is 0.944 bits per heavy atom. The smallest absolute Gasteiger partial charge is 0.337 e. The van der Waals surface area contributed by atoms with Crippen LogP contribution in [0.25, 0.3) is 11.1 Å². The number of carbonyl (C=O) groups excluding carboxylic acids is 3. The minimum Gasteiger partial charge on any atom is -0.458 e. The Labute approximate surface area is 212 Å². The van der Waals surface area contributed by atoms with Crippen LogP contribution >= 0.6 is 0 Å². The Hall–Kier alpha value is -3.43. The van der Waals surface area contributed by atoms with Gasteiger partial charge < -0.3 is 20.1 Å². The first-order chi connectivity index (χ1) is 16.9. The molecule has 0 aliphatic carbocycles. The van der Waals surface area contributed by atoms with Crippen molar-refractivity contribution in [3.05, 3.63) is 60.2 Å². The molecule has 0 spiro atoms. The van der Waals surface area contributed by atoms with Crippen LogP contribution in [-0.4, -0.2) is 64.0 Å². The quantitative estimate of drug-likeness (QED) is 0.226. The van der Waals surface area contributed by atoms with Crippen molar-refractivity contribution in [2.45, 2.75) is 58.8 Å². The van der Waals surface area contributed by atoms with Crippen LogP contribution in [0.2, 0.25) is 0 Å². The van der Waals surface area contributed by atoms with Gasteiger partial charge >= 0.3 is 12.0 Å². The Kier molecular flexibility index (Phi) is 10.4. The van der Waals surface area contributed by atoms with Gasteiger partial charge in [0, 0.05) is 13.0 Å². The molecule has 0 fully saturated rings. The van der Waals surface area contributed by atoms with Crippen LogP contribution < -0.4 is 10.8 Å². The zero-order chi connectivity index (χ0) is 26.9. The van der Waals surface area contributed by atoms with E-state index >= 15 is 0 Å². The van der Waals surface area contributed by atoms with Crippen molar-refractivity contribution in [1.82, 2.24) is 15.7 Å². The fourth-order valence-corrected chi connectivity index (χ4v) is 3.56. The highest BCUT2D eigenvalue weighted by molar-refractivity contribution is 5.87. The number of nitrogens with one attached hydrogen (secondary N) is 2. The van der Waals surface area contributed by atoms with Gasteiger partial charge in [-0.2, -0.15) is 0 Å². The molecule has 36 heavy (non-hydrogen) atoms. The fraction of sp³-hybridized carbons (Fsp3) is 0.444. The number of hydroxylamine groups is 1. The van der Waals surface area contributed by atoms with Crippen molar-refractivity contribution in [1.29, 1.82) is 0 Å². The molecule has 0 saturated heterocycles. The third-order valence-corrected chi connectivity index (χ3v) is 5.17. The second-order valence-corrected chi connectivity index (χ2v) is 10.1. The lowest BCUT2D eigenvalue weighted by Gasteiger charge is -2.29. The van der Waals surface area contributed by atoms with Gasteiger partial charge in [0.05, 0.1) is 6.54 Å². The molecule has 9 heteroatoms. The normalized spacial score (nSPS) is 13.0. The molecule has 4 N–H and O–H groups in total. The summed E-state index contributed by atoms with van der Waals surface area (Å²) >= 11 is 0. The topological polar surface area (TPSA) is 128 Å². The monoisotopic (exact) mass is 499 g/mol. The summed E-state index contributed by atoms with van der Waals surface area (Å²) in [4.78, 5) is 38.9. The van der Waals surface area contributed by atoms with Gasteiger partial charge in [0.2, 0.25) is 0 Å². The minimum absolute atomic E-state index is 0.0252. The lowest BCUT2D eigenvalue weighted by Crippen LogP contribution is -2.54. The van der Waals surface area contributed by atoms with Crippen LogP contribution in [0.15, 0.2) is 54.6 Å². The van der Waals surface area contributed by atoms with Gasteiger partial charge in [-0.25, -0.2) is 15.1 Å². The Morgan fingerprint density at radius 2 is 1.53 bits per heavy atom. The number of esters is 1. The molecule has 0 radical (unpaired) electrons. The van der Waals surface area contributed by atoms with Crippen molar-refractivity contribution in [3.8, 4) is 11.1 Å². The molecule has 2 aromatic rings. The van der Waals surface area contributed by atoms with Gasteiger partial charge in [0.25, 0.3) is 5.91 Å². The number of hydrogen-bond acceptors (Lipinski definition) is 6. The van der Waals surface area contributed by atoms with Crippen molar-refractivity contribution in [3.63, 3.8) is 0 Å². The maximum Gasteiger partial charge on any atom is 0.337 e. The number of benzene rings is 2. The van der Waals surface area contributed by atoms with E-state index in [0.29, 0.717) is 0 Å². The first kappa shape index (κ1) is 28.8. The molecule has 2 aromatic carbocycles. The number of aliphatic hydroxyl groups excluding tert-OH is 1. The minimum atomic E-state index is -1.55. The third kappa shape index (κ3) is 9.31. The number of ether oxygens (including phenoxy) is 1. The van der Waals surface area contributed by atoms with E-state index in [-0.39, 0.29) is 25.4 Å². The van der Waals surface area contributed by atoms with Crippen LogP contribution in [0.5, 0.6) is 0 Å². The third-order valence-electron chi connectivity index (χ3n) is 5.17. The fourth-order valence-electron chi connectivity index (χ4n) is 3.56. The summed E-state index contributed by atoms with van der Waals surface area (Å²) in [5.41, 5.74) is 3.64. The van der Waals surface area contributed by atoms with Crippen molar-refractivity contribution in [2.24, 2.45) is 5.92 Å². The number of rotatable bonds is 10. The summed E-state index contributed by atoms with van der Waals surface area (Å²) in [6, 6.07) is 15.6. The average Bonchev–Trinajstić information content (AvgIpc) is 2.82. The Bertz CT molecular complexity index is 1000. The second-order valence-electron chi connectivity index (χ2n) is 10.1. The van der Waals surface area contributed by atoms with Crippen LogP contribution in [0.4, 0.5) is 4.79 Å². The highest BCUT2D eigenvalue weighted by Gasteiger charge is 2.29. The second kappa shape index (κ2) is 13.0. The van der Waals surface area contributed by atoms with Gasteiger partial charge in [0.15, 0.2) is 6.10 Å². The van der Waals surface area contributed by atoms with Crippen LogP contribution in [-0.2, 0) is 20.7 Å². The summed E-state index contributed by atoms with van der Waals surface area (Å²) < 4.78 is 5.20. The molecular weight excluding hydrogens is 462 g/mol. The number of amides is 3. The Balaban J connectivity index is 2.13. The van der Waals surface area contributed by atoms with E-state index in [4.69, 9.17) is 4.74 Å². The summed E-state index contributed by atoms with van der Waals surface area (Å²) in [6.07, 6.45) is -1.43. The summed E-state index contributed by atoms with van der Waals surface area (Å²) in [5.74, 6) is -1.60. The lowest BCUT2D eigenvalue weighted by atomic mass is 10.0. The van der Waals surface area contributed by atoms with E-state index in [0.717, 1.165) is 16.7 Å². The molecule has 0 aliphatic rings. The maximum atomic E-state index is 13.1. The molecule has 2 atom stereocenters. The van der Waals surface area contributed by atoms with E-state index in [2.05, 4.69) is 5.32 Å². The van der Waals surface area contributed by atoms with Gasteiger partial charge in [-0.1, -0.05) is 68.4 Å². The molecule has 1 unspecified atom stereocenters. The summed E-state index contributed by atoms with van der Waals surface area (Å²) in [6.45, 7) is 8.73. The van der Waals surface area contributed by atoms with Gasteiger partial charge in [-0.3, -0.25) is 10.0 Å². The van der Waals surface area contributed by atoms with E-state index in [1.807, 2.05) is 68.4 Å². The number of nitrogens with zero attached hydrogens (tertiary/aromatic N) is 1.